The van der Waals surface area contributed by atoms with Crippen molar-refractivity contribution in [3.05, 3.63) is 59.7 Å². The van der Waals surface area contributed by atoms with Crippen molar-refractivity contribution in [3.63, 3.8) is 0 Å². The van der Waals surface area contributed by atoms with Crippen LogP contribution in [0.25, 0.3) is 0 Å². The topological polar surface area (TPSA) is 75.7 Å². The van der Waals surface area contributed by atoms with Crippen molar-refractivity contribution in [1.29, 1.82) is 0 Å². The van der Waals surface area contributed by atoms with Crippen molar-refractivity contribution in [2.45, 2.75) is 40.2 Å². The summed E-state index contributed by atoms with van der Waals surface area (Å²) in [7, 11) is -1.73. The molecule has 0 aliphatic carbocycles. The fraction of sp³-hybridized carbons (Fsp3) is 0.435. The summed E-state index contributed by atoms with van der Waals surface area (Å²) in [4.78, 5) is 12.9. The number of sulfonamides is 1. The molecule has 0 heterocycles. The zero-order chi connectivity index (χ0) is 22.3. The van der Waals surface area contributed by atoms with Gasteiger partial charge in [-0.15, -0.1) is 0 Å². The molecular weight excluding hydrogens is 400 g/mol. The molecule has 1 amide bonds. The summed E-state index contributed by atoms with van der Waals surface area (Å²) in [6.45, 7) is 7.98. The lowest BCUT2D eigenvalue weighted by molar-refractivity contribution is 0.0932. The number of hydrogen-bond acceptors (Lipinski definition) is 4. The van der Waals surface area contributed by atoms with Crippen LogP contribution in [0.15, 0.2) is 48.5 Å². The average Bonchev–Trinajstić information content (AvgIpc) is 2.73. The van der Waals surface area contributed by atoms with Gasteiger partial charge in [-0.1, -0.05) is 26.0 Å². The Balaban J connectivity index is 2.20. The van der Waals surface area contributed by atoms with Gasteiger partial charge in [0.1, 0.15) is 5.75 Å². The highest BCUT2D eigenvalue weighted by Gasteiger charge is 2.20. The zero-order valence-electron chi connectivity index (χ0n) is 18.4. The van der Waals surface area contributed by atoms with E-state index in [4.69, 9.17) is 4.74 Å². The van der Waals surface area contributed by atoms with E-state index in [1.807, 2.05) is 24.3 Å². The van der Waals surface area contributed by atoms with Gasteiger partial charge in [0.25, 0.3) is 5.91 Å². The van der Waals surface area contributed by atoms with E-state index in [9.17, 15) is 13.2 Å². The number of methoxy groups -OCH3 is 1. The first-order valence-electron chi connectivity index (χ1n) is 10.3. The average molecular weight is 433 g/mol. The van der Waals surface area contributed by atoms with E-state index in [-0.39, 0.29) is 17.7 Å². The molecule has 2 rings (SSSR count). The van der Waals surface area contributed by atoms with Crippen LogP contribution in [0.2, 0.25) is 0 Å². The quantitative estimate of drug-likeness (QED) is 0.604. The molecule has 2 aromatic rings. The van der Waals surface area contributed by atoms with Gasteiger partial charge >= 0.3 is 0 Å². The van der Waals surface area contributed by atoms with E-state index in [1.165, 1.54) is 4.31 Å². The van der Waals surface area contributed by atoms with Crippen molar-refractivity contribution in [2.75, 3.05) is 23.7 Å². The molecule has 0 saturated heterocycles. The molecule has 0 aliphatic rings. The molecule has 6 nitrogen and oxygen atoms in total. The summed E-state index contributed by atoms with van der Waals surface area (Å²) in [5.74, 6) is 1.01. The lowest BCUT2D eigenvalue weighted by atomic mass is 9.96. The minimum atomic E-state index is -3.35. The number of amides is 1. The predicted molar refractivity (Wildman–Crippen MR) is 122 cm³/mol. The van der Waals surface area contributed by atoms with Crippen LogP contribution in [0.5, 0.6) is 5.75 Å². The van der Waals surface area contributed by atoms with E-state index in [2.05, 4.69) is 19.2 Å². The molecule has 7 heteroatoms. The van der Waals surface area contributed by atoms with Crippen molar-refractivity contribution in [3.8, 4) is 5.75 Å². The Kier molecular flexibility index (Phi) is 8.29. The van der Waals surface area contributed by atoms with Crippen LogP contribution in [0.3, 0.4) is 0 Å². The number of anilines is 1. The van der Waals surface area contributed by atoms with Crippen LogP contribution >= 0.6 is 0 Å². The molecule has 30 heavy (non-hydrogen) atoms. The van der Waals surface area contributed by atoms with Gasteiger partial charge < -0.3 is 10.1 Å². The summed E-state index contributed by atoms with van der Waals surface area (Å²) in [5, 5.41) is 3.11. The van der Waals surface area contributed by atoms with Crippen LogP contribution in [-0.4, -0.2) is 33.7 Å². The number of ether oxygens (including phenoxy) is 1. The predicted octanol–water partition coefficient (Wildman–Crippen LogP) is 4.39. The number of hydrogen-bond donors (Lipinski definition) is 1. The maximum atomic E-state index is 12.9. The fourth-order valence-electron chi connectivity index (χ4n) is 3.30. The largest absolute Gasteiger partial charge is 0.497 e. The van der Waals surface area contributed by atoms with Crippen molar-refractivity contribution >= 4 is 21.6 Å². The van der Waals surface area contributed by atoms with Gasteiger partial charge in [-0.3, -0.25) is 9.10 Å². The van der Waals surface area contributed by atoms with Gasteiger partial charge in [-0.05, 0) is 68.1 Å². The normalized spacial score (nSPS) is 12.5. The van der Waals surface area contributed by atoms with E-state index >= 15 is 0 Å². The van der Waals surface area contributed by atoms with Crippen molar-refractivity contribution in [1.82, 2.24) is 5.32 Å². The van der Waals surface area contributed by atoms with Crippen molar-refractivity contribution in [2.24, 2.45) is 5.92 Å². The molecule has 1 atom stereocenters. The highest BCUT2D eigenvalue weighted by Crippen LogP contribution is 2.25. The molecule has 0 aliphatic heterocycles. The van der Waals surface area contributed by atoms with E-state index < -0.39 is 10.0 Å². The Morgan fingerprint density at radius 1 is 1.03 bits per heavy atom. The third kappa shape index (κ3) is 5.98. The van der Waals surface area contributed by atoms with Gasteiger partial charge in [-0.25, -0.2) is 8.42 Å². The first-order valence-corrected chi connectivity index (χ1v) is 11.9. The third-order valence-electron chi connectivity index (χ3n) is 4.94. The fourth-order valence-corrected chi connectivity index (χ4v) is 4.45. The van der Waals surface area contributed by atoms with Gasteiger partial charge in [0.15, 0.2) is 0 Å². The second kappa shape index (κ2) is 10.5. The van der Waals surface area contributed by atoms with Gasteiger partial charge in [0, 0.05) is 12.1 Å². The monoisotopic (exact) mass is 432 g/mol. The summed E-state index contributed by atoms with van der Waals surface area (Å²) in [6.07, 6.45) is 0.800. The first kappa shape index (κ1) is 23.7. The zero-order valence-corrected chi connectivity index (χ0v) is 19.2. The highest BCUT2D eigenvalue weighted by molar-refractivity contribution is 7.92. The summed E-state index contributed by atoms with van der Waals surface area (Å²) < 4.78 is 31.0. The summed E-state index contributed by atoms with van der Waals surface area (Å²) >= 11 is 0. The van der Waals surface area contributed by atoms with Crippen molar-refractivity contribution < 1.29 is 17.9 Å². The number of benzene rings is 2. The molecule has 0 aromatic heterocycles. The standard InChI is InChI=1S/C23H32N2O4S/c1-6-25(30(27,28)7-2)20-12-8-19(9-13-20)23(26)24-22(16-17(3)4)18-10-14-21(29-5)15-11-18/h8-15,17,22H,6-7,16H2,1-5H3,(H,24,26)/t22-/m0/s1. The number of nitrogens with zero attached hydrogens (tertiary/aromatic N) is 1. The maximum absolute atomic E-state index is 12.9. The molecule has 2 aromatic carbocycles. The molecule has 0 bridgehead atoms. The minimum absolute atomic E-state index is 0.0296. The molecule has 164 valence electrons. The number of rotatable bonds is 10. The number of nitrogens with one attached hydrogen (secondary N) is 1. The summed E-state index contributed by atoms with van der Waals surface area (Å²) in [6, 6.07) is 14.3. The molecule has 0 fully saturated rings. The van der Waals surface area contributed by atoms with Crippen LogP contribution in [0.1, 0.15) is 56.1 Å². The Labute approximate surface area is 180 Å². The van der Waals surface area contributed by atoms with E-state index in [0.717, 1.165) is 17.7 Å². The molecule has 1 N–H and O–H groups in total. The van der Waals surface area contributed by atoms with Gasteiger partial charge in [0.05, 0.1) is 24.6 Å². The maximum Gasteiger partial charge on any atom is 0.251 e. The molecule has 0 saturated carbocycles. The number of carbonyl (C=O) groups is 1. The lowest BCUT2D eigenvalue weighted by Crippen LogP contribution is -2.32. The van der Waals surface area contributed by atoms with Crippen LogP contribution < -0.4 is 14.4 Å². The number of carbonyl (C=O) groups excluding carboxylic acids is 1. The molecule has 0 unspecified atom stereocenters. The Bertz CT molecular complexity index is 923. The van der Waals surface area contributed by atoms with Crippen LogP contribution in [-0.2, 0) is 10.0 Å². The smallest absolute Gasteiger partial charge is 0.251 e. The second-order valence-corrected chi connectivity index (χ2v) is 9.72. The Morgan fingerprint density at radius 3 is 2.10 bits per heavy atom. The lowest BCUT2D eigenvalue weighted by Gasteiger charge is -2.23. The summed E-state index contributed by atoms with van der Waals surface area (Å²) in [5.41, 5.74) is 2.07. The minimum Gasteiger partial charge on any atom is -0.497 e. The van der Waals surface area contributed by atoms with Crippen LogP contribution in [0.4, 0.5) is 5.69 Å². The highest BCUT2D eigenvalue weighted by atomic mass is 32.2. The molecular formula is C23H32N2O4S. The Hall–Kier alpha value is -2.54. The van der Waals surface area contributed by atoms with E-state index in [1.54, 1.807) is 45.2 Å². The molecule has 0 radical (unpaired) electrons. The van der Waals surface area contributed by atoms with Gasteiger partial charge in [0.2, 0.25) is 10.0 Å². The first-order chi connectivity index (χ1) is 14.2. The van der Waals surface area contributed by atoms with Crippen LogP contribution in [0, 0.1) is 5.92 Å². The van der Waals surface area contributed by atoms with Gasteiger partial charge in [-0.2, -0.15) is 0 Å². The Morgan fingerprint density at radius 2 is 1.63 bits per heavy atom. The molecule has 0 spiro atoms. The van der Waals surface area contributed by atoms with E-state index in [0.29, 0.717) is 23.7 Å². The third-order valence-corrected chi connectivity index (χ3v) is 6.81. The SMILES string of the molecule is CCN(c1ccc(C(=O)N[C@@H](CC(C)C)c2ccc(OC)cc2)cc1)S(=O)(=O)CC. The second-order valence-electron chi connectivity index (χ2n) is 7.54.